The van der Waals surface area contributed by atoms with Crippen molar-refractivity contribution in [1.82, 2.24) is 4.90 Å². The monoisotopic (exact) mass is 255 g/mol. The molecule has 0 radical (unpaired) electrons. The van der Waals surface area contributed by atoms with Crippen molar-refractivity contribution in [2.24, 2.45) is 5.92 Å². The molecule has 102 valence electrons. The van der Waals surface area contributed by atoms with Crippen molar-refractivity contribution in [3.63, 3.8) is 0 Å². The standard InChI is InChI=1S/C13H21NO4/c1-17-13(16)10-6-7-14(9-10)12(15)5-4-11-3-2-8-18-11/h10-11H,2-9H2,1H3. The van der Waals surface area contributed by atoms with Gasteiger partial charge < -0.3 is 14.4 Å². The minimum absolute atomic E-state index is 0.136. The van der Waals surface area contributed by atoms with E-state index < -0.39 is 0 Å². The Labute approximate surface area is 107 Å². The van der Waals surface area contributed by atoms with E-state index in [4.69, 9.17) is 9.47 Å². The second-order valence-corrected chi connectivity index (χ2v) is 5.02. The number of carbonyl (C=O) groups excluding carboxylic acids is 2. The molecule has 2 aliphatic heterocycles. The molecule has 0 aromatic heterocycles. The van der Waals surface area contributed by atoms with E-state index in [9.17, 15) is 9.59 Å². The Bertz CT molecular complexity index is 312. The zero-order valence-corrected chi connectivity index (χ0v) is 10.9. The second-order valence-electron chi connectivity index (χ2n) is 5.02. The van der Waals surface area contributed by atoms with Gasteiger partial charge in [-0.3, -0.25) is 9.59 Å². The van der Waals surface area contributed by atoms with Gasteiger partial charge in [-0.1, -0.05) is 0 Å². The first-order chi connectivity index (χ1) is 8.70. The van der Waals surface area contributed by atoms with Crippen LogP contribution in [0.1, 0.15) is 32.1 Å². The molecule has 2 fully saturated rings. The van der Waals surface area contributed by atoms with Gasteiger partial charge in [0.25, 0.3) is 0 Å². The molecule has 5 nitrogen and oxygen atoms in total. The van der Waals surface area contributed by atoms with Gasteiger partial charge in [-0.15, -0.1) is 0 Å². The van der Waals surface area contributed by atoms with Crippen LogP contribution in [0.2, 0.25) is 0 Å². The summed E-state index contributed by atoms with van der Waals surface area (Å²) in [6.07, 6.45) is 4.48. The molecule has 0 spiro atoms. The maximum absolute atomic E-state index is 12.0. The van der Waals surface area contributed by atoms with Gasteiger partial charge in [0.1, 0.15) is 0 Å². The van der Waals surface area contributed by atoms with Gasteiger partial charge >= 0.3 is 5.97 Å². The molecule has 18 heavy (non-hydrogen) atoms. The first-order valence-electron chi connectivity index (χ1n) is 6.68. The van der Waals surface area contributed by atoms with Crippen LogP contribution in [0.5, 0.6) is 0 Å². The summed E-state index contributed by atoms with van der Waals surface area (Å²) in [7, 11) is 1.39. The Morgan fingerprint density at radius 1 is 1.39 bits per heavy atom. The molecule has 0 aliphatic carbocycles. The van der Waals surface area contributed by atoms with Crippen molar-refractivity contribution in [2.75, 3.05) is 26.8 Å². The zero-order chi connectivity index (χ0) is 13.0. The van der Waals surface area contributed by atoms with E-state index in [1.54, 1.807) is 4.90 Å². The summed E-state index contributed by atoms with van der Waals surface area (Å²) in [5.41, 5.74) is 0. The van der Waals surface area contributed by atoms with Gasteiger partial charge in [0, 0.05) is 26.1 Å². The fourth-order valence-corrected chi connectivity index (χ4v) is 2.66. The van der Waals surface area contributed by atoms with E-state index in [1.165, 1.54) is 7.11 Å². The molecule has 1 amide bonds. The molecule has 2 aliphatic rings. The number of esters is 1. The minimum atomic E-state index is -0.204. The summed E-state index contributed by atoms with van der Waals surface area (Å²) >= 11 is 0. The molecule has 0 N–H and O–H groups in total. The Balaban J connectivity index is 1.71. The quantitative estimate of drug-likeness (QED) is 0.702. The van der Waals surface area contributed by atoms with E-state index in [0.29, 0.717) is 19.5 Å². The van der Waals surface area contributed by atoms with Crippen molar-refractivity contribution < 1.29 is 19.1 Å². The average Bonchev–Trinajstić information content (AvgIpc) is 3.05. The maximum atomic E-state index is 12.0. The SMILES string of the molecule is COC(=O)C1CCN(C(=O)CCC2CCCO2)C1. The third kappa shape index (κ3) is 3.22. The van der Waals surface area contributed by atoms with Crippen LogP contribution in [0.3, 0.4) is 0 Å². The van der Waals surface area contributed by atoms with Gasteiger partial charge in [-0.2, -0.15) is 0 Å². The summed E-state index contributed by atoms with van der Waals surface area (Å²) in [5, 5.41) is 0. The molecule has 5 heteroatoms. The minimum Gasteiger partial charge on any atom is -0.469 e. The Hall–Kier alpha value is -1.10. The number of amides is 1. The maximum Gasteiger partial charge on any atom is 0.310 e. The summed E-state index contributed by atoms with van der Waals surface area (Å²) in [5.74, 6) is -0.206. The lowest BCUT2D eigenvalue weighted by Gasteiger charge is -2.17. The third-order valence-corrected chi connectivity index (χ3v) is 3.78. The van der Waals surface area contributed by atoms with Gasteiger partial charge in [0.05, 0.1) is 19.1 Å². The first kappa shape index (κ1) is 13.3. The van der Waals surface area contributed by atoms with Crippen LogP contribution in [0.15, 0.2) is 0 Å². The lowest BCUT2D eigenvalue weighted by atomic mass is 10.1. The normalized spacial score (nSPS) is 27.5. The van der Waals surface area contributed by atoms with E-state index in [-0.39, 0.29) is 23.9 Å². The van der Waals surface area contributed by atoms with E-state index in [1.807, 2.05) is 0 Å². The Morgan fingerprint density at radius 2 is 2.22 bits per heavy atom. The van der Waals surface area contributed by atoms with Crippen molar-refractivity contribution in [2.45, 2.75) is 38.2 Å². The summed E-state index contributed by atoms with van der Waals surface area (Å²) in [6, 6.07) is 0. The second kappa shape index (κ2) is 6.18. The molecule has 0 aromatic rings. The number of rotatable bonds is 4. The highest BCUT2D eigenvalue weighted by molar-refractivity contribution is 5.79. The Morgan fingerprint density at radius 3 is 2.89 bits per heavy atom. The number of likely N-dealkylation sites (tertiary alicyclic amines) is 1. The Kier molecular flexibility index (Phi) is 4.58. The highest BCUT2D eigenvalue weighted by Gasteiger charge is 2.31. The van der Waals surface area contributed by atoms with Crippen molar-refractivity contribution >= 4 is 11.9 Å². The number of carbonyl (C=O) groups is 2. The van der Waals surface area contributed by atoms with Crippen LogP contribution in [0.25, 0.3) is 0 Å². The molecule has 0 aromatic carbocycles. The molecule has 0 bridgehead atoms. The molecule has 0 saturated carbocycles. The lowest BCUT2D eigenvalue weighted by molar-refractivity contribution is -0.145. The zero-order valence-electron chi connectivity index (χ0n) is 10.9. The number of methoxy groups -OCH3 is 1. The van der Waals surface area contributed by atoms with Crippen LogP contribution in [-0.2, 0) is 19.1 Å². The fraction of sp³-hybridized carbons (Fsp3) is 0.846. The largest absolute Gasteiger partial charge is 0.469 e. The molecular formula is C13H21NO4. The van der Waals surface area contributed by atoms with Crippen molar-refractivity contribution in [1.29, 1.82) is 0 Å². The molecule has 2 unspecified atom stereocenters. The van der Waals surface area contributed by atoms with Crippen LogP contribution in [0, 0.1) is 5.92 Å². The molecule has 2 rings (SSSR count). The van der Waals surface area contributed by atoms with Gasteiger partial charge in [0.15, 0.2) is 0 Å². The average molecular weight is 255 g/mol. The third-order valence-electron chi connectivity index (χ3n) is 3.78. The van der Waals surface area contributed by atoms with Crippen LogP contribution >= 0.6 is 0 Å². The summed E-state index contributed by atoms with van der Waals surface area (Å²) in [6.45, 7) is 2.01. The van der Waals surface area contributed by atoms with Crippen LogP contribution in [-0.4, -0.2) is 49.7 Å². The molecule has 2 saturated heterocycles. The van der Waals surface area contributed by atoms with Crippen LogP contribution in [0.4, 0.5) is 0 Å². The highest BCUT2D eigenvalue weighted by atomic mass is 16.5. The number of ether oxygens (including phenoxy) is 2. The van der Waals surface area contributed by atoms with Crippen molar-refractivity contribution in [3.8, 4) is 0 Å². The first-order valence-corrected chi connectivity index (χ1v) is 6.68. The van der Waals surface area contributed by atoms with Gasteiger partial charge in [-0.25, -0.2) is 0 Å². The summed E-state index contributed by atoms with van der Waals surface area (Å²) < 4.78 is 10.2. The number of nitrogens with zero attached hydrogens (tertiary/aromatic N) is 1. The van der Waals surface area contributed by atoms with Gasteiger partial charge in [-0.05, 0) is 25.7 Å². The summed E-state index contributed by atoms with van der Waals surface area (Å²) in [4.78, 5) is 25.1. The smallest absolute Gasteiger partial charge is 0.310 e. The predicted molar refractivity (Wildman–Crippen MR) is 64.9 cm³/mol. The lowest BCUT2D eigenvalue weighted by Crippen LogP contribution is -2.30. The highest BCUT2D eigenvalue weighted by Crippen LogP contribution is 2.21. The van der Waals surface area contributed by atoms with Crippen LogP contribution < -0.4 is 0 Å². The van der Waals surface area contributed by atoms with E-state index >= 15 is 0 Å². The fourth-order valence-electron chi connectivity index (χ4n) is 2.66. The molecular weight excluding hydrogens is 234 g/mol. The van der Waals surface area contributed by atoms with E-state index in [0.717, 1.165) is 32.3 Å². The molecule has 2 atom stereocenters. The van der Waals surface area contributed by atoms with Crippen molar-refractivity contribution in [3.05, 3.63) is 0 Å². The number of hydrogen-bond donors (Lipinski definition) is 0. The predicted octanol–water partition coefficient (Wildman–Crippen LogP) is 0.967. The molecule has 2 heterocycles. The van der Waals surface area contributed by atoms with E-state index in [2.05, 4.69) is 0 Å². The number of hydrogen-bond acceptors (Lipinski definition) is 4. The van der Waals surface area contributed by atoms with Gasteiger partial charge in [0.2, 0.25) is 5.91 Å². The topological polar surface area (TPSA) is 55.8 Å².